The van der Waals surface area contributed by atoms with Crippen molar-refractivity contribution in [2.45, 2.75) is 110 Å². The van der Waals surface area contributed by atoms with E-state index in [-0.39, 0.29) is 0 Å². The number of piperidine rings is 1. The Hall–Kier alpha value is -3.15. The second-order valence-electron chi connectivity index (χ2n) is 11.9. The molecule has 6 heteroatoms. The quantitative estimate of drug-likeness (QED) is 0.119. The molecule has 0 aromatic heterocycles. The van der Waals surface area contributed by atoms with Crippen LogP contribution in [0.15, 0.2) is 54.6 Å². The molecule has 0 aliphatic carbocycles. The van der Waals surface area contributed by atoms with E-state index in [9.17, 15) is 14.4 Å². The van der Waals surface area contributed by atoms with Crippen LogP contribution in [0.1, 0.15) is 109 Å². The lowest BCUT2D eigenvalue weighted by atomic mass is 9.84. The molecular formula is C35H49NO5. The lowest BCUT2D eigenvalue weighted by Crippen LogP contribution is -2.53. The topological polar surface area (TPSA) is 72.9 Å². The molecule has 0 spiro atoms. The number of likely N-dealkylation sites (tertiary alicyclic amines) is 1. The summed E-state index contributed by atoms with van der Waals surface area (Å²) >= 11 is 0. The highest BCUT2D eigenvalue weighted by atomic mass is 16.5. The second-order valence-corrected chi connectivity index (χ2v) is 11.9. The van der Waals surface area contributed by atoms with Gasteiger partial charge in [0.1, 0.15) is 17.9 Å². The lowest BCUT2D eigenvalue weighted by molar-refractivity contribution is -0.164. The van der Waals surface area contributed by atoms with Crippen molar-refractivity contribution < 1.29 is 23.9 Å². The van der Waals surface area contributed by atoms with Crippen LogP contribution in [0.2, 0.25) is 0 Å². The van der Waals surface area contributed by atoms with E-state index in [0.717, 1.165) is 49.0 Å². The zero-order valence-electron chi connectivity index (χ0n) is 25.5. The maximum absolute atomic E-state index is 13.7. The first-order valence-corrected chi connectivity index (χ1v) is 15.6. The molecule has 0 radical (unpaired) electrons. The van der Waals surface area contributed by atoms with Crippen molar-refractivity contribution in [2.24, 2.45) is 5.41 Å². The molecule has 0 N–H and O–H groups in total. The first-order chi connectivity index (χ1) is 19.8. The predicted octanol–water partition coefficient (Wildman–Crippen LogP) is 7.64. The van der Waals surface area contributed by atoms with Crippen LogP contribution in [0.25, 0.3) is 0 Å². The monoisotopic (exact) mass is 563 g/mol. The zero-order valence-corrected chi connectivity index (χ0v) is 25.5. The van der Waals surface area contributed by atoms with Gasteiger partial charge in [-0.15, -0.1) is 0 Å². The fourth-order valence-corrected chi connectivity index (χ4v) is 5.16. The van der Waals surface area contributed by atoms with Crippen molar-refractivity contribution >= 4 is 17.7 Å². The number of benzene rings is 2. The number of hydrogen-bond donors (Lipinski definition) is 0. The van der Waals surface area contributed by atoms with E-state index in [0.29, 0.717) is 32.4 Å². The number of carbonyl (C=O) groups is 3. The summed E-state index contributed by atoms with van der Waals surface area (Å²) in [6, 6.07) is 17.2. The molecule has 6 nitrogen and oxygen atoms in total. The molecule has 1 amide bonds. The van der Waals surface area contributed by atoms with Gasteiger partial charge in [0.25, 0.3) is 5.91 Å². The Kier molecular flexibility index (Phi) is 12.9. The molecule has 1 saturated heterocycles. The molecule has 1 aliphatic heterocycles. The third-order valence-corrected chi connectivity index (χ3v) is 8.27. The van der Waals surface area contributed by atoms with Crippen molar-refractivity contribution in [1.82, 2.24) is 4.90 Å². The van der Waals surface area contributed by atoms with Crippen LogP contribution in [0, 0.1) is 5.41 Å². The van der Waals surface area contributed by atoms with Crippen molar-refractivity contribution in [3.05, 3.63) is 65.7 Å². The van der Waals surface area contributed by atoms with Gasteiger partial charge in [0.2, 0.25) is 5.78 Å². The summed E-state index contributed by atoms with van der Waals surface area (Å²) < 4.78 is 12.2. The van der Waals surface area contributed by atoms with Crippen molar-refractivity contribution in [3.8, 4) is 5.75 Å². The maximum atomic E-state index is 13.7. The number of carbonyl (C=O) groups excluding carboxylic acids is 3. The Morgan fingerprint density at radius 3 is 2.44 bits per heavy atom. The first-order valence-electron chi connectivity index (χ1n) is 15.6. The molecule has 1 unspecified atom stereocenters. The van der Waals surface area contributed by atoms with Crippen LogP contribution in [0.5, 0.6) is 5.75 Å². The minimum atomic E-state index is -0.766. The molecule has 224 valence electrons. The average Bonchev–Trinajstić information content (AvgIpc) is 3.00. The summed E-state index contributed by atoms with van der Waals surface area (Å²) in [5.74, 6) is -0.699. The van der Waals surface area contributed by atoms with Gasteiger partial charge in [-0.05, 0) is 68.2 Å². The predicted molar refractivity (Wildman–Crippen MR) is 163 cm³/mol. The molecule has 41 heavy (non-hydrogen) atoms. The third kappa shape index (κ3) is 9.72. The highest BCUT2D eigenvalue weighted by molar-refractivity contribution is 6.38. The first kappa shape index (κ1) is 32.4. The van der Waals surface area contributed by atoms with E-state index in [1.54, 1.807) is 13.8 Å². The van der Waals surface area contributed by atoms with Crippen LogP contribution in [0.3, 0.4) is 0 Å². The number of Topliss-reactive ketones (excluding diaryl/α,β-unsaturated/α-hetero) is 1. The largest absolute Gasteiger partial charge is 0.494 e. The normalized spacial score (nSPS) is 16.2. The minimum Gasteiger partial charge on any atom is -0.494 e. The SMILES string of the molecule is CCCCCCCOc1cccc([C@@H](CCc2ccccc2)OC(=O)C2CCCCN2C(=O)C(=O)C(C)(C)CC)c1. The van der Waals surface area contributed by atoms with E-state index in [4.69, 9.17) is 9.47 Å². The van der Waals surface area contributed by atoms with Gasteiger partial charge in [-0.1, -0.05) is 95.8 Å². The smallest absolute Gasteiger partial charge is 0.329 e. The summed E-state index contributed by atoms with van der Waals surface area (Å²) in [7, 11) is 0. The maximum Gasteiger partial charge on any atom is 0.329 e. The number of ketones is 1. The highest BCUT2D eigenvalue weighted by Gasteiger charge is 2.41. The Bertz CT molecular complexity index is 1110. The van der Waals surface area contributed by atoms with Gasteiger partial charge >= 0.3 is 5.97 Å². The Morgan fingerprint density at radius 2 is 1.71 bits per heavy atom. The highest BCUT2D eigenvalue weighted by Crippen LogP contribution is 2.30. The molecular weight excluding hydrogens is 514 g/mol. The fraction of sp³-hybridized carbons (Fsp3) is 0.571. The van der Waals surface area contributed by atoms with Gasteiger partial charge in [0.05, 0.1) is 6.61 Å². The van der Waals surface area contributed by atoms with Gasteiger partial charge in [0, 0.05) is 12.0 Å². The van der Waals surface area contributed by atoms with Crippen molar-refractivity contribution in [2.75, 3.05) is 13.2 Å². The van der Waals surface area contributed by atoms with Crippen LogP contribution in [-0.4, -0.2) is 41.8 Å². The zero-order chi connectivity index (χ0) is 29.7. The summed E-state index contributed by atoms with van der Waals surface area (Å²) in [6.07, 6.45) is 9.30. The summed E-state index contributed by atoms with van der Waals surface area (Å²) in [5, 5.41) is 0. The number of esters is 1. The molecule has 3 rings (SSSR count). The van der Waals surface area contributed by atoms with E-state index < -0.39 is 35.2 Å². The van der Waals surface area contributed by atoms with Crippen molar-refractivity contribution in [3.63, 3.8) is 0 Å². The van der Waals surface area contributed by atoms with E-state index in [1.165, 1.54) is 24.2 Å². The number of aryl methyl sites for hydroxylation is 1. The van der Waals surface area contributed by atoms with E-state index >= 15 is 0 Å². The minimum absolute atomic E-state index is 0.389. The second kappa shape index (κ2) is 16.3. The van der Waals surface area contributed by atoms with Gasteiger partial charge in [-0.25, -0.2) is 4.79 Å². The number of unbranched alkanes of at least 4 members (excludes halogenated alkanes) is 4. The number of hydrogen-bond acceptors (Lipinski definition) is 5. The van der Waals surface area contributed by atoms with Gasteiger partial charge in [0.15, 0.2) is 0 Å². The standard InChI is InChI=1S/C35H49NO5/c1-5-7-8-9-15-25-40-29-20-16-19-28(26-29)31(23-22-27-17-11-10-12-18-27)41-34(39)30-21-13-14-24-36(30)33(38)32(37)35(3,4)6-2/h10-12,16-20,26,30-31H,5-9,13-15,21-25H2,1-4H3/t30?,31-/m1/s1. The molecule has 0 bridgehead atoms. The number of nitrogens with zero attached hydrogens (tertiary/aromatic N) is 1. The van der Waals surface area contributed by atoms with Gasteiger partial charge in [-0.2, -0.15) is 0 Å². The Labute approximate surface area is 246 Å². The molecule has 1 fully saturated rings. The van der Waals surface area contributed by atoms with Gasteiger partial charge in [-0.3, -0.25) is 9.59 Å². The number of amides is 1. The molecule has 0 saturated carbocycles. The summed E-state index contributed by atoms with van der Waals surface area (Å²) in [5.41, 5.74) is 1.27. The molecule has 2 atom stereocenters. The van der Waals surface area contributed by atoms with E-state index in [2.05, 4.69) is 19.1 Å². The summed E-state index contributed by atoms with van der Waals surface area (Å²) in [6.45, 7) is 8.71. The Balaban J connectivity index is 1.75. The van der Waals surface area contributed by atoms with Crippen molar-refractivity contribution in [1.29, 1.82) is 0 Å². The lowest BCUT2D eigenvalue weighted by Gasteiger charge is -2.36. The molecule has 2 aromatic rings. The van der Waals surface area contributed by atoms with Crippen LogP contribution in [-0.2, 0) is 25.5 Å². The van der Waals surface area contributed by atoms with Crippen LogP contribution < -0.4 is 4.74 Å². The third-order valence-electron chi connectivity index (χ3n) is 8.27. The molecule has 1 heterocycles. The number of rotatable bonds is 16. The summed E-state index contributed by atoms with van der Waals surface area (Å²) in [4.78, 5) is 41.4. The number of ether oxygens (including phenoxy) is 2. The average molecular weight is 564 g/mol. The van der Waals surface area contributed by atoms with Crippen LogP contribution >= 0.6 is 0 Å². The molecule has 2 aromatic carbocycles. The molecule has 1 aliphatic rings. The fourth-order valence-electron chi connectivity index (χ4n) is 5.16. The van der Waals surface area contributed by atoms with Gasteiger partial charge < -0.3 is 14.4 Å². The van der Waals surface area contributed by atoms with E-state index in [1.807, 2.05) is 49.4 Å². The van der Waals surface area contributed by atoms with Crippen LogP contribution in [0.4, 0.5) is 0 Å². The Morgan fingerprint density at radius 1 is 0.951 bits per heavy atom.